The van der Waals surface area contributed by atoms with Crippen LogP contribution >= 0.6 is 0 Å². The zero-order chi connectivity index (χ0) is 7.44. The maximum absolute atomic E-state index is 10.9. The van der Waals surface area contributed by atoms with E-state index in [-0.39, 0.29) is 0 Å². The first-order valence-corrected chi connectivity index (χ1v) is 5.03. The van der Waals surface area contributed by atoms with Gasteiger partial charge in [0.25, 0.3) is 0 Å². The second-order valence-electron chi connectivity index (χ2n) is 2.66. The van der Waals surface area contributed by atoms with Crippen LogP contribution in [-0.4, -0.2) is 26.3 Å². The van der Waals surface area contributed by atoms with Gasteiger partial charge in [-0.15, -0.1) is 0 Å². The molecule has 2 heteroatoms. The van der Waals surface area contributed by atoms with Crippen molar-refractivity contribution in [3.63, 3.8) is 0 Å². The molecule has 1 atom stereocenters. The van der Waals surface area contributed by atoms with E-state index in [0.717, 1.165) is 28.9 Å². The van der Waals surface area contributed by atoms with Gasteiger partial charge in [-0.3, -0.25) is 0 Å². The summed E-state index contributed by atoms with van der Waals surface area (Å²) in [5.41, 5.74) is 0. The van der Waals surface area contributed by atoms with Gasteiger partial charge in [-0.1, -0.05) is 0 Å². The third kappa shape index (κ3) is 3.23. The zero-order valence-electron chi connectivity index (χ0n) is 6.35. The van der Waals surface area contributed by atoms with Crippen LogP contribution in [0.4, 0.5) is 0 Å². The van der Waals surface area contributed by atoms with Gasteiger partial charge < -0.3 is 0 Å². The van der Waals surface area contributed by atoms with E-state index in [2.05, 4.69) is 20.8 Å². The molecule has 0 aliphatic rings. The molecule has 1 nitrogen and oxygen atoms in total. The molecule has 0 aromatic carbocycles. The van der Waals surface area contributed by atoms with Crippen LogP contribution in [0.3, 0.4) is 0 Å². The van der Waals surface area contributed by atoms with Crippen molar-refractivity contribution in [2.45, 2.75) is 27.2 Å². The summed E-state index contributed by atoms with van der Waals surface area (Å²) in [6.07, 6.45) is 1.01. The van der Waals surface area contributed by atoms with Crippen LogP contribution in [0.1, 0.15) is 27.2 Å². The van der Waals surface area contributed by atoms with Gasteiger partial charge in [-0.25, -0.2) is 0 Å². The second kappa shape index (κ2) is 4.31. The number of carbonyl (C=O) groups is 1. The van der Waals surface area contributed by atoms with Crippen molar-refractivity contribution in [2.75, 3.05) is 0 Å². The quantitative estimate of drug-likeness (QED) is 0.667. The normalized spacial score (nSPS) is 13.9. The third-order valence-corrected chi connectivity index (χ3v) is 2.83. The van der Waals surface area contributed by atoms with Crippen LogP contribution < -0.4 is 0 Å². The monoisotopic (exact) mass is 234 g/mol. The van der Waals surface area contributed by atoms with Crippen molar-refractivity contribution >= 4 is 26.3 Å². The number of hydrogen-bond donors (Lipinski definition) is 0. The summed E-state index contributed by atoms with van der Waals surface area (Å²) in [7, 11) is 0. The van der Waals surface area contributed by atoms with Crippen molar-refractivity contribution in [1.29, 1.82) is 0 Å². The molecule has 0 saturated heterocycles. The zero-order valence-corrected chi connectivity index (χ0v) is 9.64. The molecular formula is C7H14OSn. The SMILES string of the molecule is CCC([C](=O)[SnH])C(C)C. The van der Waals surface area contributed by atoms with Crippen molar-refractivity contribution < 1.29 is 4.79 Å². The van der Waals surface area contributed by atoms with Crippen molar-refractivity contribution in [3.05, 3.63) is 0 Å². The molecular weight excluding hydrogens is 219 g/mol. The van der Waals surface area contributed by atoms with Crippen LogP contribution in [0.2, 0.25) is 0 Å². The average Bonchev–Trinajstić information content (AvgIpc) is 1.64. The Hall–Kier alpha value is 0.469. The summed E-state index contributed by atoms with van der Waals surface area (Å²) >= 11 is 0.782. The van der Waals surface area contributed by atoms with Gasteiger partial charge in [0.05, 0.1) is 0 Å². The Kier molecular flexibility index (Phi) is 4.53. The van der Waals surface area contributed by atoms with Gasteiger partial charge in [0, 0.05) is 0 Å². The van der Waals surface area contributed by atoms with Gasteiger partial charge in [0.2, 0.25) is 0 Å². The Morgan fingerprint density at radius 2 is 2.00 bits per heavy atom. The fourth-order valence-corrected chi connectivity index (χ4v) is 2.77. The van der Waals surface area contributed by atoms with E-state index >= 15 is 0 Å². The van der Waals surface area contributed by atoms with E-state index in [4.69, 9.17) is 0 Å². The Morgan fingerprint density at radius 1 is 1.56 bits per heavy atom. The molecule has 0 spiro atoms. The first kappa shape index (κ1) is 9.47. The topological polar surface area (TPSA) is 17.1 Å². The molecule has 0 aromatic heterocycles. The molecule has 0 saturated carbocycles. The Morgan fingerprint density at radius 3 is 2.00 bits per heavy atom. The van der Waals surface area contributed by atoms with E-state index in [0.29, 0.717) is 15.6 Å². The summed E-state index contributed by atoms with van der Waals surface area (Å²) < 4.78 is 0.456. The van der Waals surface area contributed by atoms with E-state index in [1.165, 1.54) is 0 Å². The van der Waals surface area contributed by atoms with Crippen LogP contribution in [0.25, 0.3) is 0 Å². The van der Waals surface area contributed by atoms with Crippen molar-refractivity contribution in [1.82, 2.24) is 0 Å². The van der Waals surface area contributed by atoms with Gasteiger partial charge in [-0.05, 0) is 0 Å². The molecule has 0 aliphatic heterocycles. The fourth-order valence-electron chi connectivity index (χ4n) is 1.00. The number of hydrogen-bond acceptors (Lipinski definition) is 1. The van der Waals surface area contributed by atoms with E-state index in [1.807, 2.05) is 0 Å². The summed E-state index contributed by atoms with van der Waals surface area (Å²) in [6, 6.07) is 0. The summed E-state index contributed by atoms with van der Waals surface area (Å²) in [4.78, 5) is 10.9. The molecule has 0 aliphatic carbocycles. The van der Waals surface area contributed by atoms with Crippen molar-refractivity contribution in [3.8, 4) is 0 Å². The van der Waals surface area contributed by atoms with Crippen LogP contribution in [-0.2, 0) is 4.79 Å². The summed E-state index contributed by atoms with van der Waals surface area (Å²) in [6.45, 7) is 6.31. The van der Waals surface area contributed by atoms with Crippen LogP contribution in [0, 0.1) is 11.8 Å². The average molecular weight is 233 g/mol. The minimum absolute atomic E-state index is 0.340. The Balaban J connectivity index is 3.83. The third-order valence-electron chi connectivity index (χ3n) is 1.61. The van der Waals surface area contributed by atoms with E-state index in [1.54, 1.807) is 0 Å². The molecule has 0 N–H and O–H groups in total. The van der Waals surface area contributed by atoms with Crippen LogP contribution in [0.15, 0.2) is 0 Å². The molecule has 0 amide bonds. The maximum atomic E-state index is 10.9. The van der Waals surface area contributed by atoms with Gasteiger partial charge >= 0.3 is 70.1 Å². The molecule has 2 radical (unpaired) electrons. The van der Waals surface area contributed by atoms with Crippen molar-refractivity contribution in [2.24, 2.45) is 11.8 Å². The first-order chi connectivity index (χ1) is 4.09. The van der Waals surface area contributed by atoms with Gasteiger partial charge in [0.1, 0.15) is 0 Å². The van der Waals surface area contributed by atoms with Crippen LogP contribution in [0.5, 0.6) is 0 Å². The molecule has 0 rings (SSSR count). The van der Waals surface area contributed by atoms with Gasteiger partial charge in [-0.2, -0.15) is 0 Å². The predicted molar refractivity (Wildman–Crippen MR) is 40.8 cm³/mol. The summed E-state index contributed by atoms with van der Waals surface area (Å²) in [5, 5.41) is 0. The molecule has 9 heavy (non-hydrogen) atoms. The minimum atomic E-state index is 0.340. The number of carbonyl (C=O) groups excluding carboxylic acids is 1. The predicted octanol–water partition coefficient (Wildman–Crippen LogP) is 1.10. The molecule has 52 valence electrons. The van der Waals surface area contributed by atoms with E-state index < -0.39 is 0 Å². The fraction of sp³-hybridized carbons (Fsp3) is 0.857. The Bertz CT molecular complexity index is 99.1. The molecule has 0 fully saturated rings. The molecule has 0 aromatic rings. The summed E-state index contributed by atoms with van der Waals surface area (Å²) in [5.74, 6) is 0.880. The van der Waals surface area contributed by atoms with Gasteiger partial charge in [0.15, 0.2) is 0 Å². The number of rotatable bonds is 3. The standard InChI is InChI=1S/C7H13O.Sn.H/c1-4-7(5-8)6(2)3;;/h6-7H,4H2,1-3H3;;. The molecule has 0 heterocycles. The molecule has 0 bridgehead atoms. The molecule has 1 unspecified atom stereocenters. The second-order valence-corrected chi connectivity index (χ2v) is 4.29. The van der Waals surface area contributed by atoms with E-state index in [9.17, 15) is 4.79 Å². The first-order valence-electron chi connectivity index (χ1n) is 3.38. The Labute approximate surface area is 70.3 Å².